The first-order chi connectivity index (χ1) is 9.57. The van der Waals surface area contributed by atoms with Gasteiger partial charge in [0.05, 0.1) is 12.0 Å². The highest BCUT2D eigenvalue weighted by atomic mass is 16.5. The number of rotatable bonds is 11. The lowest BCUT2D eigenvalue weighted by Crippen LogP contribution is -2.41. The molecule has 0 aliphatic carbocycles. The molecule has 0 radical (unpaired) electrons. The summed E-state index contributed by atoms with van der Waals surface area (Å²) in [6, 6.07) is 0. The van der Waals surface area contributed by atoms with Crippen LogP contribution < -0.4 is 0 Å². The Kier molecular flexibility index (Phi) is 8.53. The average molecular weight is 286 g/mol. The monoisotopic (exact) mass is 286 g/mol. The second-order valence-corrected chi connectivity index (χ2v) is 3.90. The molecule has 0 amide bonds. The molecule has 0 bridgehead atoms. The standard InChI is InChI=1S/C13H18O7/c1-3-11(5-14)19-8-13(6-15,7-18-10-16)9-20-12(17)4-2/h3-5,10,14-15H,1-2,6-9H2/b11-5-. The summed E-state index contributed by atoms with van der Waals surface area (Å²) in [6.07, 6.45) is 2.90. The van der Waals surface area contributed by atoms with Crippen LogP contribution >= 0.6 is 0 Å². The fourth-order valence-corrected chi connectivity index (χ4v) is 1.14. The van der Waals surface area contributed by atoms with E-state index in [1.54, 1.807) is 0 Å². The summed E-state index contributed by atoms with van der Waals surface area (Å²) in [7, 11) is 0. The predicted molar refractivity (Wildman–Crippen MR) is 69.6 cm³/mol. The van der Waals surface area contributed by atoms with Crippen LogP contribution in [0.5, 0.6) is 0 Å². The molecule has 0 heterocycles. The van der Waals surface area contributed by atoms with Gasteiger partial charge in [0, 0.05) is 6.08 Å². The molecule has 0 aliphatic rings. The number of hydrogen-bond acceptors (Lipinski definition) is 7. The molecule has 112 valence electrons. The van der Waals surface area contributed by atoms with Gasteiger partial charge in [0.1, 0.15) is 26.1 Å². The number of aliphatic hydroxyl groups is 2. The molecule has 2 N–H and O–H groups in total. The first kappa shape index (κ1) is 17.7. The summed E-state index contributed by atoms with van der Waals surface area (Å²) < 4.78 is 14.6. The zero-order valence-corrected chi connectivity index (χ0v) is 11.0. The third kappa shape index (κ3) is 6.05. The van der Waals surface area contributed by atoms with E-state index in [1.807, 2.05) is 0 Å². The molecule has 1 atom stereocenters. The van der Waals surface area contributed by atoms with Crippen LogP contribution in [0.15, 0.2) is 37.3 Å². The molecule has 0 aromatic carbocycles. The second kappa shape index (κ2) is 9.62. The van der Waals surface area contributed by atoms with Crippen molar-refractivity contribution in [3.05, 3.63) is 37.3 Å². The number of esters is 1. The van der Waals surface area contributed by atoms with Crippen LogP contribution in [0.4, 0.5) is 0 Å². The minimum atomic E-state index is -1.16. The highest BCUT2D eigenvalue weighted by Gasteiger charge is 2.34. The van der Waals surface area contributed by atoms with Crippen molar-refractivity contribution in [3.8, 4) is 0 Å². The third-order valence-electron chi connectivity index (χ3n) is 2.35. The zero-order chi connectivity index (χ0) is 15.4. The number of ether oxygens (including phenoxy) is 3. The van der Waals surface area contributed by atoms with Crippen LogP contribution in [0, 0.1) is 5.41 Å². The van der Waals surface area contributed by atoms with Gasteiger partial charge in [-0.1, -0.05) is 13.2 Å². The third-order valence-corrected chi connectivity index (χ3v) is 2.35. The van der Waals surface area contributed by atoms with Crippen molar-refractivity contribution in [2.45, 2.75) is 0 Å². The number of carbonyl (C=O) groups excluding carboxylic acids is 2. The van der Waals surface area contributed by atoms with Gasteiger partial charge in [0.25, 0.3) is 6.47 Å². The Bertz CT molecular complexity index is 375. The van der Waals surface area contributed by atoms with E-state index < -0.39 is 18.0 Å². The molecule has 0 saturated heterocycles. The molecule has 0 rings (SSSR count). The lowest BCUT2D eigenvalue weighted by Gasteiger charge is -2.29. The number of carbonyl (C=O) groups is 2. The van der Waals surface area contributed by atoms with Crippen molar-refractivity contribution in [2.24, 2.45) is 5.41 Å². The number of allylic oxidation sites excluding steroid dienone is 1. The normalized spacial score (nSPS) is 13.8. The highest BCUT2D eigenvalue weighted by molar-refractivity contribution is 5.81. The smallest absolute Gasteiger partial charge is 0.330 e. The van der Waals surface area contributed by atoms with Gasteiger partial charge in [-0.2, -0.15) is 0 Å². The van der Waals surface area contributed by atoms with Crippen LogP contribution in [-0.4, -0.2) is 49.1 Å². The maximum Gasteiger partial charge on any atom is 0.330 e. The van der Waals surface area contributed by atoms with E-state index in [2.05, 4.69) is 17.9 Å². The van der Waals surface area contributed by atoms with Gasteiger partial charge in [-0.15, -0.1) is 0 Å². The van der Waals surface area contributed by atoms with E-state index in [4.69, 9.17) is 14.6 Å². The molecule has 0 aromatic heterocycles. The molecule has 7 heteroatoms. The van der Waals surface area contributed by atoms with E-state index in [9.17, 15) is 14.7 Å². The van der Waals surface area contributed by atoms with Gasteiger partial charge in [-0.3, -0.25) is 4.79 Å². The van der Waals surface area contributed by atoms with Crippen molar-refractivity contribution < 1.29 is 34.0 Å². The summed E-state index contributed by atoms with van der Waals surface area (Å²) in [5.74, 6) is -0.625. The van der Waals surface area contributed by atoms with Gasteiger partial charge in [0.2, 0.25) is 0 Å². The van der Waals surface area contributed by atoms with E-state index in [-0.39, 0.29) is 32.1 Å². The summed E-state index contributed by atoms with van der Waals surface area (Å²) in [6.45, 7) is 5.73. The lowest BCUT2D eigenvalue weighted by atomic mass is 9.92. The van der Waals surface area contributed by atoms with Gasteiger partial charge in [-0.25, -0.2) is 4.79 Å². The fourth-order valence-electron chi connectivity index (χ4n) is 1.14. The average Bonchev–Trinajstić information content (AvgIpc) is 2.50. The molecule has 0 aromatic rings. The van der Waals surface area contributed by atoms with E-state index in [0.29, 0.717) is 6.26 Å². The van der Waals surface area contributed by atoms with Crippen LogP contribution in [0.25, 0.3) is 0 Å². The topological polar surface area (TPSA) is 102 Å². The van der Waals surface area contributed by atoms with Gasteiger partial charge in [0.15, 0.2) is 5.76 Å². The largest absolute Gasteiger partial charge is 0.512 e. The highest BCUT2D eigenvalue weighted by Crippen LogP contribution is 2.20. The Morgan fingerprint density at radius 2 is 1.80 bits per heavy atom. The van der Waals surface area contributed by atoms with Crippen molar-refractivity contribution in [1.82, 2.24) is 0 Å². The molecule has 0 saturated carbocycles. The van der Waals surface area contributed by atoms with Crippen molar-refractivity contribution in [3.63, 3.8) is 0 Å². The SMILES string of the molecule is C=CC(=O)OCC(CO)(COC=O)CO/C(C=C)=C\O. The van der Waals surface area contributed by atoms with Crippen molar-refractivity contribution >= 4 is 12.4 Å². The number of hydrogen-bond donors (Lipinski definition) is 2. The predicted octanol–water partition coefficient (Wildman–Crippen LogP) is 0.469. The summed E-state index contributed by atoms with van der Waals surface area (Å²) in [5.41, 5.74) is -1.16. The van der Waals surface area contributed by atoms with Crippen LogP contribution in [-0.2, 0) is 23.8 Å². The maximum absolute atomic E-state index is 11.1. The first-order valence-electron chi connectivity index (χ1n) is 5.62. The van der Waals surface area contributed by atoms with Crippen LogP contribution in [0.1, 0.15) is 0 Å². The molecule has 20 heavy (non-hydrogen) atoms. The zero-order valence-electron chi connectivity index (χ0n) is 11.0. The molecular formula is C13H18O7. The molecular weight excluding hydrogens is 268 g/mol. The Balaban J connectivity index is 4.80. The minimum absolute atomic E-state index is 0.0592. The van der Waals surface area contributed by atoms with E-state index in [1.165, 1.54) is 6.08 Å². The Morgan fingerprint density at radius 3 is 2.25 bits per heavy atom. The molecule has 0 fully saturated rings. The van der Waals surface area contributed by atoms with Gasteiger partial charge in [-0.05, 0) is 6.08 Å². The summed E-state index contributed by atoms with van der Waals surface area (Å²) in [5, 5.41) is 18.3. The van der Waals surface area contributed by atoms with Crippen molar-refractivity contribution in [1.29, 1.82) is 0 Å². The molecule has 0 spiro atoms. The Hall–Kier alpha value is -2.28. The molecule has 1 unspecified atom stereocenters. The minimum Gasteiger partial charge on any atom is -0.512 e. The summed E-state index contributed by atoms with van der Waals surface area (Å²) >= 11 is 0. The van der Waals surface area contributed by atoms with E-state index >= 15 is 0 Å². The van der Waals surface area contributed by atoms with Crippen molar-refractivity contribution in [2.75, 3.05) is 26.4 Å². The second-order valence-electron chi connectivity index (χ2n) is 3.90. The Morgan fingerprint density at radius 1 is 1.15 bits per heavy atom. The van der Waals surface area contributed by atoms with Gasteiger partial charge < -0.3 is 24.4 Å². The maximum atomic E-state index is 11.1. The van der Waals surface area contributed by atoms with Gasteiger partial charge >= 0.3 is 5.97 Å². The van der Waals surface area contributed by atoms with Crippen LogP contribution in [0.3, 0.4) is 0 Å². The summed E-state index contributed by atoms with van der Waals surface area (Å²) in [4.78, 5) is 21.3. The van der Waals surface area contributed by atoms with E-state index in [0.717, 1.165) is 6.08 Å². The fraction of sp³-hybridized carbons (Fsp3) is 0.385. The molecule has 7 nitrogen and oxygen atoms in total. The first-order valence-corrected chi connectivity index (χ1v) is 5.62. The Labute approximate surface area is 116 Å². The quantitative estimate of drug-likeness (QED) is 0.187. The lowest BCUT2D eigenvalue weighted by molar-refractivity contribution is -0.149. The molecule has 0 aliphatic heterocycles. The number of aliphatic hydroxyl groups excluding tert-OH is 2. The van der Waals surface area contributed by atoms with Crippen LogP contribution in [0.2, 0.25) is 0 Å².